The van der Waals surface area contributed by atoms with Gasteiger partial charge in [0, 0.05) is 27.4 Å². The first-order valence-electron chi connectivity index (χ1n) is 7.61. The zero-order valence-electron chi connectivity index (χ0n) is 12.9. The van der Waals surface area contributed by atoms with E-state index in [9.17, 15) is 4.79 Å². The van der Waals surface area contributed by atoms with Crippen LogP contribution >= 0.6 is 23.2 Å². The van der Waals surface area contributed by atoms with Crippen LogP contribution in [-0.4, -0.2) is 10.9 Å². The van der Waals surface area contributed by atoms with Crippen LogP contribution in [0.2, 0.25) is 10.0 Å². The number of pyridine rings is 1. The van der Waals surface area contributed by atoms with Crippen molar-refractivity contribution < 1.29 is 9.21 Å². The number of rotatable bonds is 3. The van der Waals surface area contributed by atoms with E-state index < -0.39 is 0 Å². The van der Waals surface area contributed by atoms with Gasteiger partial charge in [-0.3, -0.25) is 4.79 Å². The predicted molar refractivity (Wildman–Crippen MR) is 99.1 cm³/mol. The number of nitrogens with zero attached hydrogens (tertiary/aromatic N) is 1. The number of furan rings is 1. The molecule has 0 radical (unpaired) electrons. The van der Waals surface area contributed by atoms with Crippen LogP contribution in [0.25, 0.3) is 22.0 Å². The minimum atomic E-state index is -0.305. The zero-order valence-corrected chi connectivity index (χ0v) is 14.4. The maximum atomic E-state index is 12.3. The van der Waals surface area contributed by atoms with E-state index in [-0.39, 0.29) is 11.7 Å². The number of hydrogen-bond acceptors (Lipinski definition) is 3. The number of fused-ring (bicyclic) bond motifs is 2. The van der Waals surface area contributed by atoms with Gasteiger partial charge < -0.3 is 9.73 Å². The van der Waals surface area contributed by atoms with Crippen molar-refractivity contribution in [3.8, 4) is 0 Å². The molecule has 1 amide bonds. The summed E-state index contributed by atoms with van der Waals surface area (Å²) in [7, 11) is 0. The second-order valence-corrected chi connectivity index (χ2v) is 6.52. The molecule has 0 aliphatic carbocycles. The molecule has 6 heteroatoms. The van der Waals surface area contributed by atoms with Gasteiger partial charge in [0.05, 0.1) is 5.52 Å². The zero-order chi connectivity index (χ0) is 17.4. The van der Waals surface area contributed by atoms with Crippen molar-refractivity contribution in [1.82, 2.24) is 10.3 Å². The molecule has 0 bridgehead atoms. The minimum absolute atomic E-state index is 0.214. The van der Waals surface area contributed by atoms with Gasteiger partial charge in [0.1, 0.15) is 0 Å². The molecule has 0 aliphatic heterocycles. The molecule has 0 saturated heterocycles. The van der Waals surface area contributed by atoms with Crippen LogP contribution in [0.4, 0.5) is 0 Å². The van der Waals surface area contributed by atoms with Gasteiger partial charge in [-0.25, -0.2) is 4.98 Å². The van der Waals surface area contributed by atoms with Crippen molar-refractivity contribution in [3.63, 3.8) is 0 Å². The van der Waals surface area contributed by atoms with Crippen LogP contribution in [0.5, 0.6) is 0 Å². The fourth-order valence-corrected chi connectivity index (χ4v) is 3.01. The van der Waals surface area contributed by atoms with E-state index in [1.807, 2.05) is 24.3 Å². The third-order valence-corrected chi connectivity index (χ3v) is 4.30. The molecule has 2 heterocycles. The standard InChI is InChI=1S/C19H12Cl2N2O2/c20-14-3-1-2-11(6-14)10-22-18(24)17-8-13-7-12-4-5-15(21)9-16(12)23-19(13)25-17/h1-9H,10H2,(H,22,24). The Morgan fingerprint density at radius 2 is 1.84 bits per heavy atom. The summed E-state index contributed by atoms with van der Waals surface area (Å²) in [4.78, 5) is 16.8. The monoisotopic (exact) mass is 370 g/mol. The van der Waals surface area contributed by atoms with E-state index in [0.29, 0.717) is 22.3 Å². The summed E-state index contributed by atoms with van der Waals surface area (Å²) in [6, 6.07) is 16.4. The van der Waals surface area contributed by atoms with Crippen LogP contribution in [0.15, 0.2) is 59.0 Å². The Balaban J connectivity index is 1.60. The first kappa shape index (κ1) is 15.9. The summed E-state index contributed by atoms with van der Waals surface area (Å²) in [6.07, 6.45) is 0. The number of hydrogen-bond donors (Lipinski definition) is 1. The molecule has 4 nitrogen and oxygen atoms in total. The molecule has 0 saturated carbocycles. The lowest BCUT2D eigenvalue weighted by atomic mass is 10.2. The van der Waals surface area contributed by atoms with Crippen molar-refractivity contribution in [2.45, 2.75) is 6.54 Å². The van der Waals surface area contributed by atoms with Gasteiger partial charge in [0.15, 0.2) is 5.76 Å². The molecule has 0 atom stereocenters. The van der Waals surface area contributed by atoms with E-state index in [4.69, 9.17) is 27.6 Å². The molecule has 124 valence electrons. The Morgan fingerprint density at radius 1 is 1.00 bits per heavy atom. The minimum Gasteiger partial charge on any atom is -0.433 e. The first-order valence-corrected chi connectivity index (χ1v) is 8.36. The molecule has 2 aromatic heterocycles. The number of carbonyl (C=O) groups excluding carboxylic acids is 1. The maximum Gasteiger partial charge on any atom is 0.287 e. The highest BCUT2D eigenvalue weighted by molar-refractivity contribution is 6.31. The molecular weight excluding hydrogens is 359 g/mol. The van der Waals surface area contributed by atoms with Gasteiger partial charge in [-0.15, -0.1) is 0 Å². The fourth-order valence-electron chi connectivity index (χ4n) is 2.63. The SMILES string of the molecule is O=C(NCc1cccc(Cl)c1)c1cc2cc3ccc(Cl)cc3nc2o1. The first-order chi connectivity index (χ1) is 12.1. The van der Waals surface area contributed by atoms with Crippen molar-refractivity contribution in [3.05, 3.63) is 76.0 Å². The molecular formula is C19H12Cl2N2O2. The van der Waals surface area contributed by atoms with Crippen LogP contribution < -0.4 is 5.32 Å². The number of aromatic nitrogens is 1. The lowest BCUT2D eigenvalue weighted by Crippen LogP contribution is -2.22. The fraction of sp³-hybridized carbons (Fsp3) is 0.0526. The Hall–Kier alpha value is -2.56. The summed E-state index contributed by atoms with van der Waals surface area (Å²) < 4.78 is 5.60. The molecule has 0 unspecified atom stereocenters. The number of carbonyl (C=O) groups is 1. The van der Waals surface area contributed by atoms with Gasteiger partial charge in [0.2, 0.25) is 5.71 Å². The summed E-state index contributed by atoms with van der Waals surface area (Å²) in [5.41, 5.74) is 2.04. The molecule has 2 aromatic carbocycles. The summed E-state index contributed by atoms with van der Waals surface area (Å²) in [5, 5.41) is 5.75. The van der Waals surface area contributed by atoms with E-state index >= 15 is 0 Å². The Kier molecular flexibility index (Phi) is 4.07. The van der Waals surface area contributed by atoms with Crippen molar-refractivity contribution in [2.75, 3.05) is 0 Å². The third kappa shape index (κ3) is 3.31. The molecule has 0 spiro atoms. The van der Waals surface area contributed by atoms with E-state index in [1.54, 1.807) is 30.3 Å². The molecule has 1 N–H and O–H groups in total. The summed E-state index contributed by atoms with van der Waals surface area (Å²) in [6.45, 7) is 0.363. The number of nitrogens with one attached hydrogen (secondary N) is 1. The van der Waals surface area contributed by atoms with Gasteiger partial charge in [-0.05, 0) is 42.0 Å². The highest BCUT2D eigenvalue weighted by Crippen LogP contribution is 2.25. The Morgan fingerprint density at radius 3 is 2.68 bits per heavy atom. The highest BCUT2D eigenvalue weighted by atomic mass is 35.5. The normalized spacial score (nSPS) is 11.1. The van der Waals surface area contributed by atoms with Crippen LogP contribution in [0.1, 0.15) is 16.1 Å². The average molecular weight is 371 g/mol. The van der Waals surface area contributed by atoms with Crippen LogP contribution in [0.3, 0.4) is 0 Å². The lowest BCUT2D eigenvalue weighted by Gasteiger charge is -2.03. The number of amides is 1. The van der Waals surface area contributed by atoms with Crippen molar-refractivity contribution >= 4 is 51.1 Å². The van der Waals surface area contributed by atoms with Crippen LogP contribution in [-0.2, 0) is 6.54 Å². The van der Waals surface area contributed by atoms with E-state index in [2.05, 4.69) is 10.3 Å². The smallest absolute Gasteiger partial charge is 0.287 e. The largest absolute Gasteiger partial charge is 0.433 e. The molecule has 25 heavy (non-hydrogen) atoms. The summed E-state index contributed by atoms with van der Waals surface area (Å²) in [5.74, 6) is -0.0917. The van der Waals surface area contributed by atoms with Crippen molar-refractivity contribution in [1.29, 1.82) is 0 Å². The average Bonchev–Trinajstić information content (AvgIpc) is 3.00. The predicted octanol–water partition coefficient (Wildman–Crippen LogP) is 5.22. The second kappa shape index (κ2) is 6.39. The van der Waals surface area contributed by atoms with E-state index in [1.165, 1.54) is 0 Å². The lowest BCUT2D eigenvalue weighted by molar-refractivity contribution is 0.0925. The Bertz CT molecular complexity index is 1110. The van der Waals surface area contributed by atoms with Gasteiger partial charge in [0.25, 0.3) is 5.91 Å². The van der Waals surface area contributed by atoms with Gasteiger partial charge in [-0.2, -0.15) is 0 Å². The molecule has 4 aromatic rings. The topological polar surface area (TPSA) is 55.1 Å². The van der Waals surface area contributed by atoms with Gasteiger partial charge in [-0.1, -0.05) is 41.4 Å². The van der Waals surface area contributed by atoms with Crippen LogP contribution in [0, 0.1) is 0 Å². The highest BCUT2D eigenvalue weighted by Gasteiger charge is 2.14. The van der Waals surface area contributed by atoms with E-state index in [0.717, 1.165) is 21.9 Å². The second-order valence-electron chi connectivity index (χ2n) is 5.64. The quantitative estimate of drug-likeness (QED) is 0.537. The maximum absolute atomic E-state index is 12.3. The summed E-state index contributed by atoms with van der Waals surface area (Å²) >= 11 is 11.9. The Labute approximate surface area is 153 Å². The molecule has 4 rings (SSSR count). The third-order valence-electron chi connectivity index (χ3n) is 3.83. The molecule has 0 fully saturated rings. The number of benzene rings is 2. The van der Waals surface area contributed by atoms with Gasteiger partial charge >= 0.3 is 0 Å². The van der Waals surface area contributed by atoms with Crippen molar-refractivity contribution in [2.24, 2.45) is 0 Å². The number of halogens is 2. The molecule has 0 aliphatic rings.